The maximum absolute atomic E-state index is 12.3. The molecule has 6 heteroatoms. The number of nitrogens with one attached hydrogen (secondary N) is 2. The molecule has 2 aromatic carbocycles. The van der Waals surface area contributed by atoms with Crippen LogP contribution in [0.2, 0.25) is 0 Å². The van der Waals surface area contributed by atoms with Crippen LogP contribution in [0.25, 0.3) is 0 Å². The molecule has 138 valence electrons. The molecule has 6 nitrogen and oxygen atoms in total. The fourth-order valence-corrected chi connectivity index (χ4v) is 3.05. The Hall–Kier alpha value is -3.41. The number of hydrogen-bond donors (Lipinski definition) is 2. The van der Waals surface area contributed by atoms with Crippen LogP contribution in [0.4, 0.5) is 0 Å². The standard InChI is InChI=1S/C21H21N3O3/c1-24-20(26)18(14-23-21(24)27)19(25)22-13-12-17(15-8-4-2-5-9-15)16-10-6-3-7-11-16/h2-11,14,17H,12-13H2,1H3,(H,22,25)(H,23,27). The molecule has 0 aliphatic carbocycles. The summed E-state index contributed by atoms with van der Waals surface area (Å²) in [5.41, 5.74) is 1.09. The first-order chi connectivity index (χ1) is 13.1. The summed E-state index contributed by atoms with van der Waals surface area (Å²) < 4.78 is 0.881. The number of aromatic nitrogens is 2. The predicted octanol–water partition coefficient (Wildman–Crippen LogP) is 2.03. The summed E-state index contributed by atoms with van der Waals surface area (Å²) >= 11 is 0. The number of rotatable bonds is 6. The summed E-state index contributed by atoms with van der Waals surface area (Å²) in [4.78, 5) is 38.2. The zero-order chi connectivity index (χ0) is 19.2. The third-order valence-electron chi connectivity index (χ3n) is 4.55. The van der Waals surface area contributed by atoms with Crippen molar-refractivity contribution in [2.24, 2.45) is 7.05 Å². The average molecular weight is 363 g/mol. The van der Waals surface area contributed by atoms with Gasteiger partial charge in [0.25, 0.3) is 11.5 Å². The Morgan fingerprint density at radius 3 is 2.11 bits per heavy atom. The summed E-state index contributed by atoms with van der Waals surface area (Å²) in [6.07, 6.45) is 1.84. The lowest BCUT2D eigenvalue weighted by Crippen LogP contribution is -2.39. The highest BCUT2D eigenvalue weighted by Gasteiger charge is 2.16. The number of nitrogens with zero attached hydrogens (tertiary/aromatic N) is 1. The second-order valence-corrected chi connectivity index (χ2v) is 6.29. The van der Waals surface area contributed by atoms with Gasteiger partial charge in [-0.05, 0) is 17.5 Å². The zero-order valence-corrected chi connectivity index (χ0v) is 15.0. The van der Waals surface area contributed by atoms with E-state index in [0.717, 1.165) is 21.9 Å². The number of hydrogen-bond acceptors (Lipinski definition) is 3. The van der Waals surface area contributed by atoms with Crippen LogP contribution in [-0.2, 0) is 7.05 Å². The molecule has 0 spiro atoms. The molecule has 0 bridgehead atoms. The number of carbonyl (C=O) groups is 1. The smallest absolute Gasteiger partial charge is 0.328 e. The van der Waals surface area contributed by atoms with Gasteiger partial charge in [-0.3, -0.25) is 14.2 Å². The van der Waals surface area contributed by atoms with Crippen LogP contribution in [-0.4, -0.2) is 22.0 Å². The van der Waals surface area contributed by atoms with Gasteiger partial charge in [0.2, 0.25) is 0 Å². The number of H-pyrrole nitrogens is 1. The van der Waals surface area contributed by atoms with E-state index in [0.29, 0.717) is 13.0 Å². The highest BCUT2D eigenvalue weighted by Crippen LogP contribution is 2.27. The highest BCUT2D eigenvalue weighted by molar-refractivity contribution is 5.93. The van der Waals surface area contributed by atoms with Crippen molar-refractivity contribution in [2.75, 3.05) is 6.54 Å². The van der Waals surface area contributed by atoms with Crippen LogP contribution in [0.3, 0.4) is 0 Å². The molecule has 0 aliphatic rings. The van der Waals surface area contributed by atoms with E-state index in [9.17, 15) is 14.4 Å². The van der Waals surface area contributed by atoms with Crippen LogP contribution in [0.1, 0.15) is 33.8 Å². The molecule has 0 radical (unpaired) electrons. The lowest BCUT2D eigenvalue weighted by Gasteiger charge is -2.18. The minimum atomic E-state index is -0.612. The Labute approximate surface area is 156 Å². The largest absolute Gasteiger partial charge is 0.352 e. The van der Waals surface area contributed by atoms with Crippen LogP contribution in [0, 0.1) is 0 Å². The van der Waals surface area contributed by atoms with Gasteiger partial charge in [0.15, 0.2) is 0 Å². The fourth-order valence-electron chi connectivity index (χ4n) is 3.05. The highest BCUT2D eigenvalue weighted by atomic mass is 16.2. The van der Waals surface area contributed by atoms with Gasteiger partial charge in [-0.15, -0.1) is 0 Å². The van der Waals surface area contributed by atoms with E-state index < -0.39 is 17.2 Å². The van der Waals surface area contributed by atoms with Crippen molar-refractivity contribution in [3.63, 3.8) is 0 Å². The Kier molecular flexibility index (Phi) is 5.66. The minimum Gasteiger partial charge on any atom is -0.352 e. The normalized spacial score (nSPS) is 10.7. The summed E-state index contributed by atoms with van der Waals surface area (Å²) in [6, 6.07) is 20.2. The SMILES string of the molecule is Cn1c(=O)[nH]cc(C(=O)NCCC(c2ccccc2)c2ccccc2)c1=O. The summed E-state index contributed by atoms with van der Waals surface area (Å²) in [7, 11) is 1.33. The van der Waals surface area contributed by atoms with Crippen molar-refractivity contribution >= 4 is 5.91 Å². The number of benzene rings is 2. The van der Waals surface area contributed by atoms with Crippen molar-refractivity contribution < 1.29 is 4.79 Å². The van der Waals surface area contributed by atoms with Gasteiger partial charge in [-0.1, -0.05) is 60.7 Å². The van der Waals surface area contributed by atoms with Crippen LogP contribution < -0.4 is 16.6 Å². The van der Waals surface area contributed by atoms with Crippen molar-refractivity contribution in [3.8, 4) is 0 Å². The molecule has 3 rings (SSSR count). The molecule has 27 heavy (non-hydrogen) atoms. The maximum atomic E-state index is 12.3. The van der Waals surface area contributed by atoms with Gasteiger partial charge in [-0.25, -0.2) is 4.79 Å². The molecule has 1 aromatic heterocycles. The third kappa shape index (κ3) is 4.23. The molecule has 0 atom stereocenters. The first-order valence-electron chi connectivity index (χ1n) is 8.74. The first kappa shape index (κ1) is 18.4. The second-order valence-electron chi connectivity index (χ2n) is 6.29. The molecule has 1 amide bonds. The van der Waals surface area contributed by atoms with Gasteiger partial charge in [0.05, 0.1) is 0 Å². The van der Waals surface area contributed by atoms with Gasteiger partial charge in [0.1, 0.15) is 5.56 Å². The van der Waals surface area contributed by atoms with E-state index in [1.807, 2.05) is 36.4 Å². The van der Waals surface area contributed by atoms with Gasteiger partial charge >= 0.3 is 5.69 Å². The van der Waals surface area contributed by atoms with Gasteiger partial charge in [0, 0.05) is 25.7 Å². The molecule has 0 aliphatic heterocycles. The summed E-state index contributed by atoms with van der Waals surface area (Å²) in [5, 5.41) is 2.78. The van der Waals surface area contributed by atoms with E-state index in [1.54, 1.807) is 0 Å². The maximum Gasteiger partial charge on any atom is 0.328 e. The van der Waals surface area contributed by atoms with E-state index >= 15 is 0 Å². The van der Waals surface area contributed by atoms with E-state index in [4.69, 9.17) is 0 Å². The lowest BCUT2D eigenvalue weighted by molar-refractivity contribution is 0.0950. The molecule has 0 unspecified atom stereocenters. The molecule has 2 N–H and O–H groups in total. The average Bonchev–Trinajstić information content (AvgIpc) is 2.70. The van der Waals surface area contributed by atoms with Crippen LogP contribution in [0.5, 0.6) is 0 Å². The first-order valence-corrected chi connectivity index (χ1v) is 8.74. The van der Waals surface area contributed by atoms with Crippen LogP contribution >= 0.6 is 0 Å². The van der Waals surface area contributed by atoms with Crippen molar-refractivity contribution in [1.82, 2.24) is 14.9 Å². The van der Waals surface area contributed by atoms with E-state index in [-0.39, 0.29) is 11.5 Å². The Morgan fingerprint density at radius 1 is 1.00 bits per heavy atom. The number of amides is 1. The van der Waals surface area contributed by atoms with Crippen molar-refractivity contribution in [1.29, 1.82) is 0 Å². The lowest BCUT2D eigenvalue weighted by atomic mass is 9.88. The van der Waals surface area contributed by atoms with Gasteiger partial charge in [-0.2, -0.15) is 0 Å². The zero-order valence-electron chi connectivity index (χ0n) is 15.0. The Balaban J connectivity index is 1.73. The fraction of sp³-hybridized carbons (Fsp3) is 0.190. The van der Waals surface area contributed by atoms with E-state index in [1.165, 1.54) is 7.05 Å². The Bertz CT molecular complexity index is 984. The number of carbonyl (C=O) groups excluding carboxylic acids is 1. The van der Waals surface area contributed by atoms with Gasteiger partial charge < -0.3 is 10.3 Å². The molecule has 0 saturated heterocycles. The van der Waals surface area contributed by atoms with E-state index in [2.05, 4.69) is 34.6 Å². The minimum absolute atomic E-state index is 0.0759. The molecule has 1 heterocycles. The predicted molar refractivity (Wildman–Crippen MR) is 104 cm³/mol. The van der Waals surface area contributed by atoms with Crippen molar-refractivity contribution in [2.45, 2.75) is 12.3 Å². The summed E-state index contributed by atoms with van der Waals surface area (Å²) in [6.45, 7) is 0.398. The van der Waals surface area contributed by atoms with Crippen LogP contribution in [0.15, 0.2) is 76.4 Å². The molecule has 0 fully saturated rings. The number of aromatic amines is 1. The third-order valence-corrected chi connectivity index (χ3v) is 4.55. The van der Waals surface area contributed by atoms with Crippen molar-refractivity contribution in [3.05, 3.63) is 104 Å². The molecule has 3 aromatic rings. The monoisotopic (exact) mass is 363 g/mol. The molecule has 0 saturated carbocycles. The second kappa shape index (κ2) is 8.31. The molecular formula is C21H21N3O3. The quantitative estimate of drug-likeness (QED) is 0.703. The summed E-state index contributed by atoms with van der Waals surface area (Å²) in [5.74, 6) is -0.363. The molecular weight excluding hydrogens is 342 g/mol. The topological polar surface area (TPSA) is 84.0 Å². The Morgan fingerprint density at radius 2 is 1.56 bits per heavy atom.